The molecule has 1 aliphatic rings. The van der Waals surface area contributed by atoms with Crippen molar-refractivity contribution < 1.29 is 19.1 Å². The average molecular weight is 370 g/mol. The van der Waals surface area contributed by atoms with Crippen LogP contribution in [0.15, 0.2) is 42.5 Å². The first-order chi connectivity index (χ1) is 13.2. The van der Waals surface area contributed by atoms with Gasteiger partial charge in [-0.15, -0.1) is 0 Å². The van der Waals surface area contributed by atoms with E-state index in [-0.39, 0.29) is 24.5 Å². The number of ether oxygens (including phenoxy) is 2. The summed E-state index contributed by atoms with van der Waals surface area (Å²) in [5.41, 5.74) is 0.738. The van der Waals surface area contributed by atoms with Crippen LogP contribution in [0.5, 0.6) is 0 Å². The van der Waals surface area contributed by atoms with Crippen LogP contribution < -0.4 is 5.32 Å². The zero-order valence-electron chi connectivity index (χ0n) is 15.6. The SMILES string of the molecule is COCCOCC(=O)NC1CCN(C(=O)c2cccc3ccccc23)CC1. The molecule has 1 N–H and O–H groups in total. The van der Waals surface area contributed by atoms with Crippen LogP contribution in [-0.2, 0) is 14.3 Å². The average Bonchev–Trinajstić information content (AvgIpc) is 2.71. The van der Waals surface area contributed by atoms with Crippen LogP contribution in [0, 0.1) is 0 Å². The second kappa shape index (κ2) is 9.48. The first-order valence-corrected chi connectivity index (χ1v) is 9.32. The number of likely N-dealkylation sites (tertiary alicyclic amines) is 1. The van der Waals surface area contributed by atoms with Crippen molar-refractivity contribution in [2.45, 2.75) is 18.9 Å². The van der Waals surface area contributed by atoms with Crippen LogP contribution in [0.1, 0.15) is 23.2 Å². The number of methoxy groups -OCH3 is 1. The third-order valence-electron chi connectivity index (χ3n) is 4.83. The largest absolute Gasteiger partial charge is 0.382 e. The Morgan fingerprint density at radius 1 is 1.07 bits per heavy atom. The number of fused-ring (bicyclic) bond motifs is 1. The Morgan fingerprint density at radius 3 is 2.59 bits per heavy atom. The Morgan fingerprint density at radius 2 is 1.81 bits per heavy atom. The minimum atomic E-state index is -0.120. The number of carbonyl (C=O) groups excluding carboxylic acids is 2. The number of nitrogens with zero attached hydrogens (tertiary/aromatic N) is 1. The summed E-state index contributed by atoms with van der Waals surface area (Å²) < 4.78 is 10.1. The summed E-state index contributed by atoms with van der Waals surface area (Å²) in [7, 11) is 1.59. The molecular weight excluding hydrogens is 344 g/mol. The van der Waals surface area contributed by atoms with Crippen LogP contribution in [0.2, 0.25) is 0 Å². The fraction of sp³-hybridized carbons (Fsp3) is 0.429. The molecule has 6 heteroatoms. The lowest BCUT2D eigenvalue weighted by molar-refractivity contribution is -0.127. The number of rotatable bonds is 7. The minimum absolute atomic E-state index is 0.0402. The number of nitrogens with one attached hydrogen (secondary N) is 1. The highest BCUT2D eigenvalue weighted by molar-refractivity contribution is 6.07. The van der Waals surface area contributed by atoms with Gasteiger partial charge in [0.15, 0.2) is 0 Å². The van der Waals surface area contributed by atoms with Gasteiger partial charge < -0.3 is 19.7 Å². The summed E-state index contributed by atoms with van der Waals surface area (Å²) in [6, 6.07) is 13.8. The Kier molecular flexibility index (Phi) is 6.79. The first kappa shape index (κ1) is 19.3. The van der Waals surface area contributed by atoms with E-state index in [0.29, 0.717) is 26.3 Å². The topological polar surface area (TPSA) is 67.9 Å². The quantitative estimate of drug-likeness (QED) is 0.759. The maximum atomic E-state index is 13.0. The van der Waals surface area contributed by atoms with Gasteiger partial charge >= 0.3 is 0 Å². The van der Waals surface area contributed by atoms with Gasteiger partial charge in [-0.2, -0.15) is 0 Å². The van der Waals surface area contributed by atoms with Crippen molar-refractivity contribution in [2.24, 2.45) is 0 Å². The molecular formula is C21H26N2O4. The molecule has 144 valence electrons. The number of carbonyl (C=O) groups is 2. The summed E-state index contributed by atoms with van der Waals surface area (Å²) in [5.74, 6) is -0.0654. The summed E-state index contributed by atoms with van der Waals surface area (Å²) >= 11 is 0. The van der Waals surface area contributed by atoms with E-state index in [0.717, 1.165) is 29.2 Å². The standard InChI is InChI=1S/C21H26N2O4/c1-26-13-14-27-15-20(24)22-17-9-11-23(12-10-17)21(25)19-8-4-6-16-5-2-3-7-18(16)19/h2-8,17H,9-15H2,1H3,(H,22,24). The molecule has 1 heterocycles. The van der Waals surface area contributed by atoms with Gasteiger partial charge in [0.2, 0.25) is 5.91 Å². The van der Waals surface area contributed by atoms with Gasteiger partial charge in [0.05, 0.1) is 13.2 Å². The van der Waals surface area contributed by atoms with E-state index < -0.39 is 0 Å². The van der Waals surface area contributed by atoms with Crippen LogP contribution in [0.3, 0.4) is 0 Å². The predicted molar refractivity (Wildman–Crippen MR) is 104 cm³/mol. The molecule has 0 saturated carbocycles. The van der Waals surface area contributed by atoms with Crippen molar-refractivity contribution in [3.05, 3.63) is 48.0 Å². The summed E-state index contributed by atoms with van der Waals surface area (Å²) in [6.07, 6.45) is 1.50. The van der Waals surface area contributed by atoms with Crippen molar-refractivity contribution in [3.63, 3.8) is 0 Å². The molecule has 1 aliphatic heterocycles. The van der Waals surface area contributed by atoms with Gasteiger partial charge in [-0.25, -0.2) is 0 Å². The van der Waals surface area contributed by atoms with Gasteiger partial charge in [-0.1, -0.05) is 36.4 Å². The van der Waals surface area contributed by atoms with E-state index in [4.69, 9.17) is 9.47 Å². The molecule has 0 aliphatic carbocycles. The maximum absolute atomic E-state index is 13.0. The Labute approximate surface area is 159 Å². The number of hydrogen-bond acceptors (Lipinski definition) is 4. The molecule has 0 radical (unpaired) electrons. The molecule has 1 fully saturated rings. The number of benzene rings is 2. The highest BCUT2D eigenvalue weighted by atomic mass is 16.5. The van der Waals surface area contributed by atoms with Crippen molar-refractivity contribution in [1.29, 1.82) is 0 Å². The maximum Gasteiger partial charge on any atom is 0.254 e. The zero-order valence-corrected chi connectivity index (χ0v) is 15.6. The Hall–Kier alpha value is -2.44. The highest BCUT2D eigenvalue weighted by Crippen LogP contribution is 2.21. The second-order valence-corrected chi connectivity index (χ2v) is 6.71. The van der Waals surface area contributed by atoms with Crippen molar-refractivity contribution >= 4 is 22.6 Å². The van der Waals surface area contributed by atoms with Gasteiger partial charge in [-0.3, -0.25) is 9.59 Å². The third-order valence-corrected chi connectivity index (χ3v) is 4.83. The molecule has 0 aromatic heterocycles. The lowest BCUT2D eigenvalue weighted by atomic mass is 10.0. The van der Waals surface area contributed by atoms with Crippen LogP contribution in [0.4, 0.5) is 0 Å². The van der Waals surface area contributed by atoms with Gasteiger partial charge in [0, 0.05) is 31.8 Å². The van der Waals surface area contributed by atoms with Crippen LogP contribution >= 0.6 is 0 Å². The zero-order chi connectivity index (χ0) is 19.1. The summed E-state index contributed by atoms with van der Waals surface area (Å²) in [5, 5.41) is 5.03. The third kappa shape index (κ3) is 5.05. The number of piperidine rings is 1. The fourth-order valence-corrected chi connectivity index (χ4v) is 3.39. The smallest absolute Gasteiger partial charge is 0.254 e. The van der Waals surface area contributed by atoms with Crippen LogP contribution in [-0.4, -0.2) is 62.8 Å². The summed E-state index contributed by atoms with van der Waals surface area (Å²) in [6.45, 7) is 2.19. The molecule has 2 aromatic carbocycles. The molecule has 2 amide bonds. The van der Waals surface area contributed by atoms with E-state index in [9.17, 15) is 9.59 Å². The van der Waals surface area contributed by atoms with Crippen molar-refractivity contribution in [1.82, 2.24) is 10.2 Å². The first-order valence-electron chi connectivity index (χ1n) is 9.32. The monoisotopic (exact) mass is 370 g/mol. The molecule has 0 spiro atoms. The van der Waals surface area contributed by atoms with E-state index in [1.54, 1.807) is 7.11 Å². The molecule has 0 bridgehead atoms. The Balaban J connectivity index is 1.51. The normalized spacial score (nSPS) is 15.1. The second-order valence-electron chi connectivity index (χ2n) is 6.71. The van der Waals surface area contributed by atoms with Gasteiger partial charge in [0.25, 0.3) is 5.91 Å². The van der Waals surface area contributed by atoms with Gasteiger partial charge in [0.1, 0.15) is 6.61 Å². The van der Waals surface area contributed by atoms with E-state index in [1.165, 1.54) is 0 Å². The van der Waals surface area contributed by atoms with Gasteiger partial charge in [-0.05, 0) is 29.7 Å². The summed E-state index contributed by atoms with van der Waals surface area (Å²) in [4.78, 5) is 26.7. The molecule has 1 saturated heterocycles. The molecule has 3 rings (SSSR count). The minimum Gasteiger partial charge on any atom is -0.382 e. The molecule has 6 nitrogen and oxygen atoms in total. The fourth-order valence-electron chi connectivity index (χ4n) is 3.39. The van der Waals surface area contributed by atoms with E-state index in [1.807, 2.05) is 47.4 Å². The van der Waals surface area contributed by atoms with E-state index in [2.05, 4.69) is 5.32 Å². The Bertz CT molecular complexity index is 779. The van der Waals surface area contributed by atoms with Crippen molar-refractivity contribution in [2.75, 3.05) is 40.0 Å². The highest BCUT2D eigenvalue weighted by Gasteiger charge is 2.25. The number of amides is 2. The lowest BCUT2D eigenvalue weighted by Gasteiger charge is -2.32. The molecule has 0 atom stereocenters. The van der Waals surface area contributed by atoms with Crippen molar-refractivity contribution in [3.8, 4) is 0 Å². The van der Waals surface area contributed by atoms with E-state index >= 15 is 0 Å². The van der Waals surface area contributed by atoms with Crippen LogP contribution in [0.25, 0.3) is 10.8 Å². The lowest BCUT2D eigenvalue weighted by Crippen LogP contribution is -2.47. The predicted octanol–water partition coefficient (Wildman–Crippen LogP) is 2.22. The number of hydrogen-bond donors (Lipinski definition) is 1. The molecule has 2 aromatic rings. The molecule has 0 unspecified atom stereocenters. The molecule has 27 heavy (non-hydrogen) atoms.